The quantitative estimate of drug-likeness (QED) is 0.175. The van der Waals surface area contributed by atoms with Crippen LogP contribution in [0.5, 0.6) is 23.0 Å². The summed E-state index contributed by atoms with van der Waals surface area (Å²) in [5.41, 5.74) is 7.76. The number of esters is 1. The van der Waals surface area contributed by atoms with Crippen LogP contribution in [0.25, 0.3) is 0 Å². The molecule has 0 aliphatic carbocycles. The molecule has 0 fully saturated rings. The minimum absolute atomic E-state index is 0.0619. The van der Waals surface area contributed by atoms with Gasteiger partial charge in [-0.2, -0.15) is 5.26 Å². The topological polar surface area (TPSA) is 147 Å². The van der Waals surface area contributed by atoms with Crippen molar-refractivity contribution in [2.45, 2.75) is 26.2 Å². The Kier molecular flexibility index (Phi) is 7.77. The zero-order chi connectivity index (χ0) is 27.2. The van der Waals surface area contributed by atoms with E-state index in [0.717, 1.165) is 12.0 Å². The van der Waals surface area contributed by atoms with E-state index in [-0.39, 0.29) is 28.5 Å². The highest BCUT2D eigenvalue weighted by atomic mass is 16.6. The van der Waals surface area contributed by atoms with E-state index in [2.05, 4.69) is 6.07 Å². The summed E-state index contributed by atoms with van der Waals surface area (Å²) in [6.07, 6.45) is 0.843. The van der Waals surface area contributed by atoms with Gasteiger partial charge in [-0.3, -0.25) is 10.1 Å². The fraction of sp³-hybridized carbons (Fsp3) is 0.214. The van der Waals surface area contributed by atoms with Gasteiger partial charge in [0.25, 0.3) is 5.69 Å². The molecule has 0 radical (unpaired) electrons. The molecule has 0 spiro atoms. The number of rotatable bonds is 9. The van der Waals surface area contributed by atoms with Crippen LogP contribution in [0.1, 0.15) is 47.7 Å². The zero-order valence-electron chi connectivity index (χ0n) is 20.8. The molecule has 3 aromatic rings. The van der Waals surface area contributed by atoms with Gasteiger partial charge >= 0.3 is 5.97 Å². The summed E-state index contributed by atoms with van der Waals surface area (Å²) in [5.74, 6) is 0.347. The van der Waals surface area contributed by atoms with Crippen LogP contribution < -0.4 is 24.7 Å². The Labute approximate surface area is 219 Å². The summed E-state index contributed by atoms with van der Waals surface area (Å²) in [6, 6.07) is 17.5. The lowest BCUT2D eigenvalue weighted by Crippen LogP contribution is -2.21. The molecule has 2 N–H and O–H groups in total. The molecular weight excluding hydrogens is 490 g/mol. The predicted molar refractivity (Wildman–Crippen MR) is 137 cm³/mol. The van der Waals surface area contributed by atoms with E-state index in [4.69, 9.17) is 24.7 Å². The van der Waals surface area contributed by atoms with Crippen LogP contribution in [-0.4, -0.2) is 24.1 Å². The Morgan fingerprint density at radius 2 is 1.84 bits per heavy atom. The molecule has 194 valence electrons. The average Bonchev–Trinajstić information content (AvgIpc) is 2.91. The molecule has 0 aromatic heterocycles. The van der Waals surface area contributed by atoms with E-state index >= 15 is 0 Å². The number of carbonyl (C=O) groups excluding carboxylic acids is 1. The molecule has 0 amide bonds. The number of benzene rings is 3. The molecule has 0 saturated heterocycles. The highest BCUT2D eigenvalue weighted by molar-refractivity contribution is 5.91. The number of hydrogen-bond donors (Lipinski definition) is 1. The molecule has 0 bridgehead atoms. The van der Waals surface area contributed by atoms with Crippen LogP contribution in [-0.2, 0) is 0 Å². The Bertz CT molecular complexity index is 1440. The number of fused-ring (bicyclic) bond motifs is 1. The van der Waals surface area contributed by atoms with Crippen LogP contribution in [0, 0.1) is 21.4 Å². The molecule has 4 rings (SSSR count). The summed E-state index contributed by atoms with van der Waals surface area (Å²) in [6.45, 7) is 4.86. The number of nitrogens with two attached hydrogens (primary N) is 1. The van der Waals surface area contributed by atoms with Gasteiger partial charge < -0.3 is 24.7 Å². The van der Waals surface area contributed by atoms with Crippen molar-refractivity contribution in [3.63, 3.8) is 0 Å². The number of allylic oxidation sites excluding steroid dienone is 1. The maximum absolute atomic E-state index is 12.6. The molecular formula is C28H25N3O7. The lowest BCUT2D eigenvalue weighted by atomic mass is 9.83. The van der Waals surface area contributed by atoms with Crippen molar-refractivity contribution in [2.24, 2.45) is 5.73 Å². The van der Waals surface area contributed by atoms with Crippen molar-refractivity contribution in [3.8, 4) is 29.1 Å². The standard InChI is InChI=1S/C28H25N3O7/c1-3-13-36-23-12-7-18(14-25(23)35-4-2)26-21-11-10-20(15-24(21)38-27(30)22(26)16-29)37-28(32)17-5-8-19(9-6-17)31(33)34/h5-12,14-15,26H,3-4,13,30H2,1-2H3. The normalized spacial score (nSPS) is 14.1. The van der Waals surface area contributed by atoms with E-state index < -0.39 is 16.8 Å². The van der Waals surface area contributed by atoms with Crippen molar-refractivity contribution < 1.29 is 28.7 Å². The van der Waals surface area contributed by atoms with Crippen LogP contribution in [0.3, 0.4) is 0 Å². The number of nitro benzene ring substituents is 1. The Hall–Kier alpha value is -5.04. The largest absolute Gasteiger partial charge is 0.490 e. The first-order valence-corrected chi connectivity index (χ1v) is 11.9. The third kappa shape index (κ3) is 5.37. The maximum atomic E-state index is 12.6. The number of nitriles is 1. The van der Waals surface area contributed by atoms with Gasteiger partial charge in [-0.25, -0.2) is 4.79 Å². The number of non-ortho nitro benzene ring substituents is 1. The zero-order valence-corrected chi connectivity index (χ0v) is 20.8. The Morgan fingerprint density at radius 3 is 2.50 bits per heavy atom. The Balaban J connectivity index is 1.66. The molecule has 38 heavy (non-hydrogen) atoms. The van der Waals surface area contributed by atoms with Crippen molar-refractivity contribution in [2.75, 3.05) is 13.2 Å². The van der Waals surface area contributed by atoms with E-state index in [1.807, 2.05) is 26.0 Å². The van der Waals surface area contributed by atoms with Crippen LogP contribution in [0.4, 0.5) is 5.69 Å². The second-order valence-electron chi connectivity index (χ2n) is 8.31. The van der Waals surface area contributed by atoms with Gasteiger partial charge in [-0.1, -0.05) is 19.1 Å². The maximum Gasteiger partial charge on any atom is 0.343 e. The summed E-state index contributed by atoms with van der Waals surface area (Å²) < 4.78 is 22.8. The predicted octanol–water partition coefficient (Wildman–Crippen LogP) is 5.22. The number of nitro groups is 1. The molecule has 3 aromatic carbocycles. The first kappa shape index (κ1) is 26.0. The number of carbonyl (C=O) groups is 1. The fourth-order valence-electron chi connectivity index (χ4n) is 4.03. The number of nitrogens with zero attached hydrogens (tertiary/aromatic N) is 2. The third-order valence-electron chi connectivity index (χ3n) is 5.78. The monoisotopic (exact) mass is 515 g/mol. The number of ether oxygens (including phenoxy) is 4. The van der Waals surface area contributed by atoms with Gasteiger partial charge in [-0.05, 0) is 49.2 Å². The first-order chi connectivity index (χ1) is 18.4. The van der Waals surface area contributed by atoms with Crippen LogP contribution in [0.15, 0.2) is 72.1 Å². The summed E-state index contributed by atoms with van der Waals surface area (Å²) >= 11 is 0. The second kappa shape index (κ2) is 11.3. The van der Waals surface area contributed by atoms with Crippen molar-refractivity contribution >= 4 is 11.7 Å². The fourth-order valence-corrected chi connectivity index (χ4v) is 4.03. The van der Waals surface area contributed by atoms with E-state index in [1.54, 1.807) is 18.2 Å². The van der Waals surface area contributed by atoms with Crippen molar-refractivity contribution in [1.29, 1.82) is 5.26 Å². The molecule has 1 atom stereocenters. The summed E-state index contributed by atoms with van der Waals surface area (Å²) in [4.78, 5) is 22.9. The van der Waals surface area contributed by atoms with Gasteiger partial charge in [0.1, 0.15) is 23.1 Å². The molecule has 1 aliphatic rings. The highest BCUT2D eigenvalue weighted by Gasteiger charge is 2.32. The minimum atomic E-state index is -0.697. The molecule has 10 heteroatoms. The van der Waals surface area contributed by atoms with Gasteiger partial charge in [0.2, 0.25) is 5.88 Å². The Morgan fingerprint density at radius 1 is 1.08 bits per heavy atom. The van der Waals surface area contributed by atoms with E-state index in [0.29, 0.717) is 36.0 Å². The van der Waals surface area contributed by atoms with E-state index in [9.17, 15) is 20.2 Å². The second-order valence-corrected chi connectivity index (χ2v) is 8.31. The highest BCUT2D eigenvalue weighted by Crippen LogP contribution is 2.45. The minimum Gasteiger partial charge on any atom is -0.490 e. The molecule has 1 unspecified atom stereocenters. The van der Waals surface area contributed by atoms with Gasteiger partial charge in [-0.15, -0.1) is 0 Å². The van der Waals surface area contributed by atoms with Crippen molar-refractivity contribution in [3.05, 3.63) is 98.9 Å². The average molecular weight is 516 g/mol. The van der Waals surface area contributed by atoms with Gasteiger partial charge in [0, 0.05) is 23.8 Å². The van der Waals surface area contributed by atoms with Gasteiger partial charge in [0.05, 0.1) is 29.6 Å². The number of hydrogen-bond acceptors (Lipinski definition) is 9. The first-order valence-electron chi connectivity index (χ1n) is 11.9. The SMILES string of the molecule is CCCOc1ccc(C2C(C#N)=C(N)Oc3cc(OC(=O)c4ccc([N+](=O)[O-])cc4)ccc32)cc1OCC. The lowest BCUT2D eigenvalue weighted by molar-refractivity contribution is -0.384. The van der Waals surface area contributed by atoms with Crippen LogP contribution in [0.2, 0.25) is 0 Å². The summed E-state index contributed by atoms with van der Waals surface area (Å²) in [5, 5.41) is 20.7. The van der Waals surface area contributed by atoms with Gasteiger partial charge in [0.15, 0.2) is 11.5 Å². The van der Waals surface area contributed by atoms with Crippen molar-refractivity contribution in [1.82, 2.24) is 0 Å². The molecule has 1 aliphatic heterocycles. The van der Waals surface area contributed by atoms with E-state index in [1.165, 1.54) is 30.3 Å². The smallest absolute Gasteiger partial charge is 0.343 e. The molecule has 10 nitrogen and oxygen atoms in total. The molecule has 1 heterocycles. The molecule has 0 saturated carbocycles. The third-order valence-corrected chi connectivity index (χ3v) is 5.78. The van der Waals surface area contributed by atoms with Crippen LogP contribution >= 0.6 is 0 Å². The summed E-state index contributed by atoms with van der Waals surface area (Å²) in [7, 11) is 0. The lowest BCUT2D eigenvalue weighted by Gasteiger charge is -2.27.